The van der Waals surface area contributed by atoms with Gasteiger partial charge in [0.25, 0.3) is 0 Å². The first-order valence-corrected chi connectivity index (χ1v) is 8.58. The number of halogens is 3. The lowest BCUT2D eigenvalue weighted by Gasteiger charge is -2.18. The molecule has 0 heterocycles. The molecule has 0 saturated heterocycles. The summed E-state index contributed by atoms with van der Waals surface area (Å²) < 4.78 is 72.0. The van der Waals surface area contributed by atoms with Crippen molar-refractivity contribution in [2.24, 2.45) is 0 Å². The third kappa shape index (κ3) is 3.70. The van der Waals surface area contributed by atoms with E-state index in [1.54, 1.807) is 31.2 Å². The fraction of sp³-hybridized carbons (Fsp3) is 0.250. The zero-order valence-electron chi connectivity index (χ0n) is 13.0. The van der Waals surface area contributed by atoms with Crippen molar-refractivity contribution in [2.75, 3.05) is 7.11 Å². The maximum atomic E-state index is 13.8. The molecule has 0 fully saturated rings. The largest absolute Gasteiger partial charge is 0.497 e. The van der Waals surface area contributed by atoms with Crippen LogP contribution in [-0.2, 0) is 10.0 Å². The second-order valence-corrected chi connectivity index (χ2v) is 6.71. The van der Waals surface area contributed by atoms with Crippen LogP contribution in [0.25, 0.3) is 0 Å². The van der Waals surface area contributed by atoms with Crippen LogP contribution in [0.3, 0.4) is 0 Å². The second-order valence-electron chi connectivity index (χ2n) is 5.03. The van der Waals surface area contributed by atoms with Crippen molar-refractivity contribution in [3.05, 3.63) is 59.4 Å². The Kier molecular flexibility index (Phi) is 5.51. The highest BCUT2D eigenvalue weighted by atomic mass is 32.2. The molecule has 24 heavy (non-hydrogen) atoms. The summed E-state index contributed by atoms with van der Waals surface area (Å²) in [5, 5.41) is 0. The number of methoxy groups -OCH3 is 1. The molecule has 130 valence electrons. The van der Waals surface area contributed by atoms with E-state index in [1.807, 2.05) is 0 Å². The summed E-state index contributed by atoms with van der Waals surface area (Å²) in [6, 6.07) is 7.25. The van der Waals surface area contributed by atoms with Crippen molar-refractivity contribution in [1.82, 2.24) is 4.72 Å². The molecule has 2 aromatic carbocycles. The van der Waals surface area contributed by atoms with Crippen molar-refractivity contribution in [2.45, 2.75) is 24.3 Å². The topological polar surface area (TPSA) is 55.4 Å². The molecule has 1 unspecified atom stereocenters. The highest BCUT2D eigenvalue weighted by Crippen LogP contribution is 2.25. The molecule has 0 saturated carbocycles. The van der Waals surface area contributed by atoms with Gasteiger partial charge in [0.1, 0.15) is 10.6 Å². The van der Waals surface area contributed by atoms with Gasteiger partial charge in [0.05, 0.1) is 7.11 Å². The molecule has 4 nitrogen and oxygen atoms in total. The van der Waals surface area contributed by atoms with Gasteiger partial charge in [0.15, 0.2) is 17.5 Å². The Bertz CT molecular complexity index is 823. The SMILES string of the molecule is CCC(NS(=O)(=O)c1ccc(F)c(F)c1F)c1ccc(OC)cc1. The second kappa shape index (κ2) is 7.23. The smallest absolute Gasteiger partial charge is 0.244 e. The lowest BCUT2D eigenvalue weighted by molar-refractivity contribution is 0.414. The average Bonchev–Trinajstić information content (AvgIpc) is 2.57. The van der Waals surface area contributed by atoms with Crippen LogP contribution >= 0.6 is 0 Å². The van der Waals surface area contributed by atoms with E-state index in [9.17, 15) is 21.6 Å². The van der Waals surface area contributed by atoms with E-state index in [0.717, 1.165) is 0 Å². The molecular formula is C16H16F3NO3S. The normalized spacial score (nSPS) is 12.9. The first-order valence-electron chi connectivity index (χ1n) is 7.10. The Hall–Kier alpha value is -2.06. The van der Waals surface area contributed by atoms with E-state index >= 15 is 0 Å². The Balaban J connectivity index is 2.33. The minimum atomic E-state index is -4.37. The van der Waals surface area contributed by atoms with Gasteiger partial charge in [-0.1, -0.05) is 19.1 Å². The first-order chi connectivity index (χ1) is 11.3. The summed E-state index contributed by atoms with van der Waals surface area (Å²) in [6.07, 6.45) is 0.372. The molecule has 1 N–H and O–H groups in total. The van der Waals surface area contributed by atoms with Gasteiger partial charge in [0, 0.05) is 6.04 Å². The summed E-state index contributed by atoms with van der Waals surface area (Å²) in [5.74, 6) is -4.42. The molecule has 0 aliphatic carbocycles. The van der Waals surface area contributed by atoms with Crippen LogP contribution < -0.4 is 9.46 Å². The molecule has 0 aliphatic heterocycles. The Morgan fingerprint density at radius 2 is 1.67 bits per heavy atom. The summed E-state index contributed by atoms with van der Waals surface area (Å²) in [4.78, 5) is -0.937. The van der Waals surface area contributed by atoms with E-state index < -0.39 is 38.4 Å². The van der Waals surface area contributed by atoms with Crippen molar-refractivity contribution in [3.63, 3.8) is 0 Å². The number of rotatable bonds is 6. The highest BCUT2D eigenvalue weighted by Gasteiger charge is 2.26. The van der Waals surface area contributed by atoms with Crippen LogP contribution in [0.15, 0.2) is 41.3 Å². The molecule has 1 atom stereocenters. The van der Waals surface area contributed by atoms with E-state index in [4.69, 9.17) is 4.74 Å². The quantitative estimate of drug-likeness (QED) is 0.803. The van der Waals surface area contributed by atoms with Crippen LogP contribution in [0.4, 0.5) is 13.2 Å². The zero-order chi connectivity index (χ0) is 17.9. The van der Waals surface area contributed by atoms with Gasteiger partial charge in [-0.15, -0.1) is 0 Å². The molecule has 0 aliphatic rings. The molecule has 0 bridgehead atoms. The number of benzene rings is 2. The van der Waals surface area contributed by atoms with Gasteiger partial charge >= 0.3 is 0 Å². The van der Waals surface area contributed by atoms with Crippen molar-refractivity contribution < 1.29 is 26.3 Å². The van der Waals surface area contributed by atoms with Crippen molar-refractivity contribution in [3.8, 4) is 5.75 Å². The molecule has 2 aromatic rings. The van der Waals surface area contributed by atoms with Crippen LogP contribution in [0, 0.1) is 17.5 Å². The minimum absolute atomic E-state index is 0.372. The van der Waals surface area contributed by atoms with E-state index in [2.05, 4.69) is 4.72 Å². The molecule has 2 rings (SSSR count). The summed E-state index contributed by atoms with van der Waals surface area (Å²) in [6.45, 7) is 1.74. The monoisotopic (exact) mass is 359 g/mol. The van der Waals surface area contributed by atoms with Crippen molar-refractivity contribution in [1.29, 1.82) is 0 Å². The van der Waals surface area contributed by atoms with E-state index in [1.165, 1.54) is 7.11 Å². The molecule has 0 aromatic heterocycles. The van der Waals surface area contributed by atoms with Gasteiger partial charge in [-0.2, -0.15) is 0 Å². The maximum Gasteiger partial charge on any atom is 0.244 e. The van der Waals surface area contributed by atoms with Crippen LogP contribution in [0.5, 0.6) is 5.75 Å². The van der Waals surface area contributed by atoms with Crippen molar-refractivity contribution >= 4 is 10.0 Å². The summed E-state index contributed by atoms with van der Waals surface area (Å²) in [5.41, 5.74) is 0.630. The standard InChI is InChI=1S/C16H16F3NO3S/c1-3-13(10-4-6-11(23-2)7-5-10)20-24(21,22)14-9-8-12(17)15(18)16(14)19/h4-9,13,20H,3H2,1-2H3. The maximum absolute atomic E-state index is 13.8. The molecule has 0 radical (unpaired) electrons. The average molecular weight is 359 g/mol. The molecule has 8 heteroatoms. The van der Waals surface area contributed by atoms with Gasteiger partial charge in [0.2, 0.25) is 10.0 Å². The van der Waals surface area contributed by atoms with E-state index in [-0.39, 0.29) is 0 Å². The molecule has 0 amide bonds. The summed E-state index contributed by atoms with van der Waals surface area (Å²) in [7, 11) is -2.87. The van der Waals surface area contributed by atoms with E-state index in [0.29, 0.717) is 29.9 Å². The van der Waals surface area contributed by atoms with Crippen LogP contribution in [0.1, 0.15) is 24.9 Å². The number of sulfonamides is 1. The number of ether oxygens (including phenoxy) is 1. The molecule has 0 spiro atoms. The zero-order valence-corrected chi connectivity index (χ0v) is 13.8. The fourth-order valence-electron chi connectivity index (χ4n) is 2.19. The van der Waals surface area contributed by atoms with Gasteiger partial charge in [-0.3, -0.25) is 0 Å². The lowest BCUT2D eigenvalue weighted by Crippen LogP contribution is -2.29. The Labute approximate surface area is 138 Å². The predicted octanol–water partition coefficient (Wildman–Crippen LogP) is 3.54. The molecular weight excluding hydrogens is 343 g/mol. The minimum Gasteiger partial charge on any atom is -0.497 e. The Morgan fingerprint density at radius 3 is 2.21 bits per heavy atom. The number of nitrogens with one attached hydrogen (secondary N) is 1. The lowest BCUT2D eigenvalue weighted by atomic mass is 10.1. The van der Waals surface area contributed by atoms with Gasteiger partial charge in [-0.25, -0.2) is 26.3 Å². The number of hydrogen-bond acceptors (Lipinski definition) is 3. The van der Waals surface area contributed by atoms with Crippen LogP contribution in [-0.4, -0.2) is 15.5 Å². The van der Waals surface area contributed by atoms with Gasteiger partial charge < -0.3 is 4.74 Å². The van der Waals surface area contributed by atoms with Gasteiger partial charge in [-0.05, 0) is 36.2 Å². The number of hydrogen-bond donors (Lipinski definition) is 1. The Morgan fingerprint density at radius 1 is 1.04 bits per heavy atom. The predicted molar refractivity (Wildman–Crippen MR) is 82.7 cm³/mol. The third-order valence-corrected chi connectivity index (χ3v) is 5.00. The summed E-state index contributed by atoms with van der Waals surface area (Å²) >= 11 is 0. The fourth-order valence-corrected chi connectivity index (χ4v) is 3.57. The first kappa shape index (κ1) is 18.3. The van der Waals surface area contributed by atoms with Crippen LogP contribution in [0.2, 0.25) is 0 Å². The highest BCUT2D eigenvalue weighted by molar-refractivity contribution is 7.89. The third-order valence-electron chi connectivity index (χ3n) is 3.51.